The van der Waals surface area contributed by atoms with Gasteiger partial charge in [-0.15, -0.1) is 11.3 Å². The molecule has 20 heavy (non-hydrogen) atoms. The lowest BCUT2D eigenvalue weighted by Gasteiger charge is -2.15. The van der Waals surface area contributed by atoms with Crippen LogP contribution in [0.25, 0.3) is 10.6 Å². The lowest BCUT2D eigenvalue weighted by Crippen LogP contribution is -2.11. The molecule has 0 bridgehead atoms. The van der Waals surface area contributed by atoms with E-state index >= 15 is 0 Å². The van der Waals surface area contributed by atoms with Gasteiger partial charge in [-0.1, -0.05) is 0 Å². The Morgan fingerprint density at radius 1 is 1.30 bits per heavy atom. The molecule has 0 aliphatic carbocycles. The number of ether oxygens (including phenoxy) is 1. The van der Waals surface area contributed by atoms with Gasteiger partial charge in [0.1, 0.15) is 11.5 Å². The number of hydrogen-bond acceptors (Lipinski definition) is 5. The number of nitrogens with zero attached hydrogens (tertiary/aromatic N) is 2. The molecule has 0 amide bonds. The van der Waals surface area contributed by atoms with Gasteiger partial charge in [-0.05, 0) is 24.3 Å². The highest BCUT2D eigenvalue weighted by atomic mass is 32.1. The van der Waals surface area contributed by atoms with Gasteiger partial charge < -0.3 is 9.64 Å². The van der Waals surface area contributed by atoms with Crippen LogP contribution < -0.4 is 9.64 Å². The van der Waals surface area contributed by atoms with Crippen LogP contribution in [0.1, 0.15) is 9.67 Å². The first-order valence-electron chi connectivity index (χ1n) is 5.70. The number of aromatic nitrogens is 1. The van der Waals surface area contributed by atoms with E-state index in [0.717, 1.165) is 0 Å². The second kappa shape index (κ2) is 5.96. The summed E-state index contributed by atoms with van der Waals surface area (Å²) in [6.07, 6.45) is 0.706. The molecule has 0 saturated heterocycles. The predicted octanol–water partition coefficient (Wildman–Crippen LogP) is 3.29. The molecule has 0 fully saturated rings. The molecular weight excluding hydrogens is 286 g/mol. The van der Waals surface area contributed by atoms with Crippen molar-refractivity contribution >= 4 is 23.4 Å². The van der Waals surface area contributed by atoms with Crippen LogP contribution in [0.2, 0.25) is 0 Å². The van der Waals surface area contributed by atoms with E-state index in [0.29, 0.717) is 27.6 Å². The minimum absolute atomic E-state index is 0.00935. The molecule has 0 radical (unpaired) electrons. The number of anilines is 1. The van der Waals surface area contributed by atoms with Crippen LogP contribution in [0, 0.1) is 0 Å². The van der Waals surface area contributed by atoms with Gasteiger partial charge in [-0.3, -0.25) is 4.79 Å². The Morgan fingerprint density at radius 2 is 2.05 bits per heavy atom. The third-order valence-electron chi connectivity index (χ3n) is 2.49. The smallest absolute Gasteiger partial charge is 0.387 e. The number of hydrogen-bond donors (Lipinski definition) is 0. The highest BCUT2D eigenvalue weighted by Gasteiger charge is 2.16. The van der Waals surface area contributed by atoms with Crippen LogP contribution in [0.5, 0.6) is 5.75 Å². The quantitative estimate of drug-likeness (QED) is 0.794. The van der Waals surface area contributed by atoms with Crippen LogP contribution in [0.15, 0.2) is 24.3 Å². The Balaban J connectivity index is 2.50. The van der Waals surface area contributed by atoms with E-state index in [1.807, 2.05) is 0 Å². The summed E-state index contributed by atoms with van der Waals surface area (Å²) in [5.74, 6) is 0.604. The van der Waals surface area contributed by atoms with Gasteiger partial charge in [-0.2, -0.15) is 8.78 Å². The third-order valence-corrected chi connectivity index (χ3v) is 3.51. The second-order valence-corrected chi connectivity index (χ2v) is 5.22. The number of rotatable bonds is 5. The second-order valence-electron chi connectivity index (χ2n) is 4.11. The Hall–Kier alpha value is -2.02. The largest absolute Gasteiger partial charge is 0.432 e. The molecular formula is C13H12F2N2O2S. The van der Waals surface area contributed by atoms with Crippen LogP contribution in [0.4, 0.5) is 14.6 Å². The molecule has 0 N–H and O–H groups in total. The maximum atomic E-state index is 12.4. The zero-order valence-electron chi connectivity index (χ0n) is 10.8. The standard InChI is InChI=1S/C13H12F2N2O2S/c1-17(2)11-6-4-9(19-13(14)15)12(16-11)10-5-3-8(7-18)20-10/h3-7,13H,1-2H3. The number of carbonyl (C=O) groups excluding carboxylic acids is 1. The first-order chi connectivity index (χ1) is 9.51. The highest BCUT2D eigenvalue weighted by Crippen LogP contribution is 2.35. The topological polar surface area (TPSA) is 42.4 Å². The average molecular weight is 298 g/mol. The molecule has 0 aromatic carbocycles. The van der Waals surface area contributed by atoms with Crippen LogP contribution in [-0.2, 0) is 0 Å². The fourth-order valence-electron chi connectivity index (χ4n) is 1.60. The molecule has 4 nitrogen and oxygen atoms in total. The highest BCUT2D eigenvalue weighted by molar-refractivity contribution is 7.17. The van der Waals surface area contributed by atoms with Crippen molar-refractivity contribution < 1.29 is 18.3 Å². The van der Waals surface area contributed by atoms with Crippen molar-refractivity contribution in [2.45, 2.75) is 6.61 Å². The monoisotopic (exact) mass is 298 g/mol. The zero-order chi connectivity index (χ0) is 14.7. The average Bonchev–Trinajstić information content (AvgIpc) is 2.87. The Morgan fingerprint density at radius 3 is 2.60 bits per heavy atom. The van der Waals surface area contributed by atoms with Crippen LogP contribution in [0.3, 0.4) is 0 Å². The molecule has 0 spiro atoms. The summed E-state index contributed by atoms with van der Waals surface area (Å²) in [6.45, 7) is -2.92. The molecule has 0 unspecified atom stereocenters. The van der Waals surface area contributed by atoms with Gasteiger partial charge in [0.25, 0.3) is 0 Å². The fraction of sp³-hybridized carbons (Fsp3) is 0.231. The number of alkyl halides is 2. The molecule has 2 aromatic heterocycles. The van der Waals surface area contributed by atoms with Crippen molar-refractivity contribution in [3.05, 3.63) is 29.1 Å². The molecule has 106 valence electrons. The third kappa shape index (κ3) is 3.11. The number of carbonyl (C=O) groups is 1. The van der Waals surface area contributed by atoms with Crippen LogP contribution in [-0.4, -0.2) is 32.0 Å². The Labute approximate surface area is 118 Å². The van der Waals surface area contributed by atoms with Gasteiger partial charge >= 0.3 is 6.61 Å². The zero-order valence-corrected chi connectivity index (χ0v) is 11.7. The van der Waals surface area contributed by atoms with Crippen molar-refractivity contribution in [2.24, 2.45) is 0 Å². The first-order valence-corrected chi connectivity index (χ1v) is 6.51. The molecule has 2 rings (SSSR count). The predicted molar refractivity (Wildman–Crippen MR) is 73.9 cm³/mol. The molecule has 2 aromatic rings. The minimum Gasteiger partial charge on any atom is -0.432 e. The van der Waals surface area contributed by atoms with Crippen molar-refractivity contribution in [3.8, 4) is 16.3 Å². The van der Waals surface area contributed by atoms with E-state index in [9.17, 15) is 13.6 Å². The summed E-state index contributed by atoms with van der Waals surface area (Å²) in [5.41, 5.74) is 0.301. The maximum absolute atomic E-state index is 12.4. The molecule has 7 heteroatoms. The molecule has 0 aliphatic rings. The SMILES string of the molecule is CN(C)c1ccc(OC(F)F)c(-c2ccc(C=O)s2)n1. The van der Waals surface area contributed by atoms with Gasteiger partial charge in [0.15, 0.2) is 12.0 Å². The van der Waals surface area contributed by atoms with Gasteiger partial charge in [0, 0.05) is 14.1 Å². The Bertz CT molecular complexity index is 614. The van der Waals surface area contributed by atoms with Crippen molar-refractivity contribution in [1.29, 1.82) is 0 Å². The summed E-state index contributed by atoms with van der Waals surface area (Å²) in [7, 11) is 3.59. The van der Waals surface area contributed by atoms with Crippen molar-refractivity contribution in [3.63, 3.8) is 0 Å². The first kappa shape index (κ1) is 14.4. The number of aldehydes is 1. The van der Waals surface area contributed by atoms with Crippen LogP contribution >= 0.6 is 11.3 Å². The van der Waals surface area contributed by atoms with Crippen molar-refractivity contribution in [2.75, 3.05) is 19.0 Å². The Kier molecular flexibility index (Phi) is 4.29. The molecule has 2 heterocycles. The van der Waals surface area contributed by atoms with Crippen molar-refractivity contribution in [1.82, 2.24) is 4.98 Å². The normalized spacial score (nSPS) is 10.7. The van der Waals surface area contributed by atoms with E-state index in [1.54, 1.807) is 37.2 Å². The minimum atomic E-state index is -2.92. The van der Waals surface area contributed by atoms with E-state index in [-0.39, 0.29) is 5.75 Å². The maximum Gasteiger partial charge on any atom is 0.387 e. The fourth-order valence-corrected chi connectivity index (χ4v) is 2.41. The van der Waals surface area contributed by atoms with E-state index < -0.39 is 6.61 Å². The lowest BCUT2D eigenvalue weighted by molar-refractivity contribution is -0.0496. The summed E-state index contributed by atoms with van der Waals surface area (Å²) < 4.78 is 29.3. The summed E-state index contributed by atoms with van der Waals surface area (Å²) in [5, 5.41) is 0. The van der Waals surface area contributed by atoms with E-state index in [4.69, 9.17) is 0 Å². The molecule has 0 saturated carbocycles. The van der Waals surface area contributed by atoms with Gasteiger partial charge in [-0.25, -0.2) is 4.98 Å². The van der Waals surface area contributed by atoms with Gasteiger partial charge in [0.05, 0.1) is 9.75 Å². The summed E-state index contributed by atoms with van der Waals surface area (Å²) in [6, 6.07) is 6.32. The van der Waals surface area contributed by atoms with Gasteiger partial charge in [0.2, 0.25) is 0 Å². The molecule has 0 atom stereocenters. The number of thiophene rings is 1. The lowest BCUT2D eigenvalue weighted by atomic mass is 10.2. The van der Waals surface area contributed by atoms with E-state index in [1.165, 1.54) is 17.4 Å². The summed E-state index contributed by atoms with van der Waals surface area (Å²) in [4.78, 5) is 17.9. The molecule has 0 aliphatic heterocycles. The van der Waals surface area contributed by atoms with E-state index in [2.05, 4.69) is 9.72 Å². The number of pyridine rings is 1. The summed E-state index contributed by atoms with van der Waals surface area (Å²) >= 11 is 1.17. The number of halogens is 2.